The second-order valence-corrected chi connectivity index (χ2v) is 18.9. The summed E-state index contributed by atoms with van der Waals surface area (Å²) >= 11 is 3.58. The molecule has 2 amide bonds. The van der Waals surface area contributed by atoms with Gasteiger partial charge >= 0.3 is 0 Å². The maximum Gasteiger partial charge on any atom is 0.279 e. The summed E-state index contributed by atoms with van der Waals surface area (Å²) in [4.78, 5) is 45.2. The van der Waals surface area contributed by atoms with Crippen molar-refractivity contribution in [3.8, 4) is 5.69 Å². The van der Waals surface area contributed by atoms with Gasteiger partial charge in [0, 0.05) is 40.0 Å². The van der Waals surface area contributed by atoms with Gasteiger partial charge in [-0.3, -0.25) is 14.4 Å². The Morgan fingerprint density at radius 1 is 1.00 bits per heavy atom. The fourth-order valence-corrected chi connectivity index (χ4v) is 10.9. The summed E-state index contributed by atoms with van der Waals surface area (Å²) in [6.45, 7) is 5.49. The van der Waals surface area contributed by atoms with E-state index in [1.165, 1.54) is 4.68 Å². The van der Waals surface area contributed by atoms with Gasteiger partial charge in [-0.15, -0.1) is 0 Å². The Morgan fingerprint density at radius 3 is 2.42 bits per heavy atom. The smallest absolute Gasteiger partial charge is 0.279 e. The van der Waals surface area contributed by atoms with Gasteiger partial charge in [-0.25, -0.2) is 0 Å². The number of fused-ring (bicyclic) bond motifs is 3. The third-order valence-electron chi connectivity index (χ3n) is 10.5. The minimum absolute atomic E-state index is 0.120. The van der Waals surface area contributed by atoms with E-state index in [0.29, 0.717) is 28.9 Å². The molecule has 0 bridgehead atoms. The van der Waals surface area contributed by atoms with Crippen molar-refractivity contribution in [3.05, 3.63) is 135 Å². The lowest BCUT2D eigenvalue weighted by atomic mass is 9.82. The minimum atomic E-state index is -3.52. The first kappa shape index (κ1) is 35.9. The number of amides is 2. The van der Waals surface area contributed by atoms with E-state index in [1.54, 1.807) is 47.3 Å². The lowest BCUT2D eigenvalue weighted by Crippen LogP contribution is -2.45. The third kappa shape index (κ3) is 6.42. The average molecular weight is 784 g/mol. The summed E-state index contributed by atoms with van der Waals surface area (Å²) in [7, 11) is -3.52. The molecule has 2 aliphatic heterocycles. The number of carbonyl (C=O) groups excluding carboxylic acids is 2. The Bertz CT molecular complexity index is 2200. The van der Waals surface area contributed by atoms with Gasteiger partial charge in [0.15, 0.2) is 5.60 Å². The fourth-order valence-electron chi connectivity index (χ4n) is 8.09. The Balaban J connectivity index is 1.19. The Hall–Kier alpha value is -4.49. The molecule has 3 heterocycles. The molecule has 0 radical (unpaired) electrons. The van der Waals surface area contributed by atoms with E-state index in [4.69, 9.17) is 4.74 Å². The second kappa shape index (κ2) is 14.1. The van der Waals surface area contributed by atoms with E-state index in [-0.39, 0.29) is 43.5 Å². The number of rotatable bonds is 10. The molecule has 0 aliphatic carbocycles. The summed E-state index contributed by atoms with van der Waals surface area (Å²) in [6, 6.07) is 29.7. The van der Waals surface area contributed by atoms with Gasteiger partial charge in [-0.1, -0.05) is 83.5 Å². The minimum Gasteiger partial charge on any atom is -0.395 e. The fraction of sp³-hybridized carbons (Fsp3) is 0.300. The molecule has 2 aliphatic rings. The van der Waals surface area contributed by atoms with Crippen molar-refractivity contribution in [2.75, 3.05) is 18.1 Å². The lowest BCUT2D eigenvalue weighted by molar-refractivity contribution is -0.150. The van der Waals surface area contributed by atoms with Crippen molar-refractivity contribution in [2.45, 2.75) is 56.8 Å². The molecule has 9 nitrogen and oxygen atoms in total. The summed E-state index contributed by atoms with van der Waals surface area (Å²) in [5.41, 5.74) is 1.22. The van der Waals surface area contributed by atoms with Gasteiger partial charge in [-0.05, 0) is 60.6 Å². The molecule has 1 spiro atoms. The highest BCUT2D eigenvalue weighted by Gasteiger charge is 2.67. The van der Waals surface area contributed by atoms with Gasteiger partial charge < -0.3 is 23.8 Å². The van der Waals surface area contributed by atoms with Crippen molar-refractivity contribution in [3.63, 3.8) is 0 Å². The quantitative estimate of drug-likeness (QED) is 0.122. The van der Waals surface area contributed by atoms with E-state index in [2.05, 4.69) is 21.0 Å². The molecule has 268 valence electrons. The number of ether oxygens (including phenoxy) is 1. The molecule has 0 unspecified atom stereocenters. The monoisotopic (exact) mass is 782 g/mol. The number of carbonyl (C=O) groups is 2. The summed E-state index contributed by atoms with van der Waals surface area (Å²) in [5.74, 6) is -1.15. The Kier molecular flexibility index (Phi) is 9.76. The maximum atomic E-state index is 16.4. The number of aliphatic hydroxyl groups is 1. The maximum absolute atomic E-state index is 16.4. The SMILES string of the molecule is C[C@H]1[C@H]([Si](C)(C)F)[C@@H](CC(=O)N(CCO)Cc2ccccc2)O[C@]12C(=O)N(Cc1ccc(-n3ncc4ccccc4c3=O)cc1)c1ccc(Br)cc12. The molecular formula is C40H40BrFN4O5Si. The van der Waals surface area contributed by atoms with E-state index in [9.17, 15) is 19.5 Å². The topological polar surface area (TPSA) is 105 Å². The van der Waals surface area contributed by atoms with Gasteiger partial charge in [-0.2, -0.15) is 9.78 Å². The zero-order valence-corrected chi connectivity index (χ0v) is 31.8. The van der Waals surface area contributed by atoms with Crippen molar-refractivity contribution in [1.29, 1.82) is 0 Å². The summed E-state index contributed by atoms with van der Waals surface area (Å²) in [5, 5.41) is 15.5. The normalized spacial score (nSPS) is 21.2. The lowest BCUT2D eigenvalue weighted by Gasteiger charge is -2.31. The molecule has 1 fully saturated rings. The van der Waals surface area contributed by atoms with Crippen molar-refractivity contribution < 1.29 is 23.5 Å². The van der Waals surface area contributed by atoms with Crippen LogP contribution in [0.25, 0.3) is 16.5 Å². The molecule has 7 rings (SSSR count). The van der Waals surface area contributed by atoms with Crippen molar-refractivity contribution in [2.24, 2.45) is 5.92 Å². The number of benzene rings is 4. The van der Waals surface area contributed by atoms with Crippen LogP contribution in [0.15, 0.2) is 113 Å². The Morgan fingerprint density at radius 2 is 1.71 bits per heavy atom. The van der Waals surface area contributed by atoms with Gasteiger partial charge in [0.1, 0.15) is 0 Å². The van der Waals surface area contributed by atoms with Crippen LogP contribution in [0.4, 0.5) is 9.80 Å². The second-order valence-electron chi connectivity index (χ2n) is 14.2. The van der Waals surface area contributed by atoms with E-state index < -0.39 is 31.6 Å². The van der Waals surface area contributed by atoms with Gasteiger partial charge in [0.05, 0.1) is 48.6 Å². The van der Waals surface area contributed by atoms with Crippen LogP contribution < -0.4 is 10.5 Å². The van der Waals surface area contributed by atoms with E-state index in [0.717, 1.165) is 21.0 Å². The average Bonchev–Trinajstić information content (AvgIpc) is 3.55. The predicted molar refractivity (Wildman–Crippen MR) is 204 cm³/mol. The highest BCUT2D eigenvalue weighted by atomic mass is 79.9. The number of hydrogen-bond acceptors (Lipinski definition) is 6. The largest absolute Gasteiger partial charge is 0.395 e. The van der Waals surface area contributed by atoms with Crippen LogP contribution in [0.3, 0.4) is 0 Å². The van der Waals surface area contributed by atoms with E-state index in [1.807, 2.05) is 85.8 Å². The number of aromatic nitrogens is 2. The molecule has 4 atom stereocenters. The number of hydrogen-bond donors (Lipinski definition) is 1. The van der Waals surface area contributed by atoms with Crippen LogP contribution in [0.2, 0.25) is 18.6 Å². The molecule has 4 aromatic carbocycles. The highest BCUT2D eigenvalue weighted by molar-refractivity contribution is 9.10. The van der Waals surface area contributed by atoms with Gasteiger partial charge in [0.25, 0.3) is 11.5 Å². The first-order valence-corrected chi connectivity index (χ1v) is 21.1. The molecule has 1 N–H and O–H groups in total. The van der Waals surface area contributed by atoms with Crippen LogP contribution >= 0.6 is 15.9 Å². The van der Waals surface area contributed by atoms with Crippen LogP contribution in [0.5, 0.6) is 0 Å². The molecule has 0 saturated carbocycles. The molecule has 5 aromatic rings. The molecule has 52 heavy (non-hydrogen) atoms. The summed E-state index contributed by atoms with van der Waals surface area (Å²) in [6.07, 6.45) is 0.687. The van der Waals surface area contributed by atoms with Crippen molar-refractivity contribution in [1.82, 2.24) is 14.7 Å². The number of anilines is 1. The first-order valence-electron chi connectivity index (χ1n) is 17.4. The Labute approximate surface area is 310 Å². The molecule has 12 heteroatoms. The molecule has 1 aromatic heterocycles. The van der Waals surface area contributed by atoms with Crippen LogP contribution in [0, 0.1) is 5.92 Å². The van der Waals surface area contributed by atoms with E-state index >= 15 is 4.11 Å². The third-order valence-corrected chi connectivity index (χ3v) is 13.4. The highest BCUT2D eigenvalue weighted by Crippen LogP contribution is 2.60. The van der Waals surface area contributed by atoms with Gasteiger partial charge in [0.2, 0.25) is 14.3 Å². The standard InChI is InChI=1S/C40H40BrFN4O5Si/c1-26-37(52(2,3)42)35(22-36(48)44(19-20-47)24-27-9-5-4-6-10-27)51-40(26)33-21-30(41)15-18-34(33)45(39(40)50)25-28-13-16-31(17-14-28)46-38(49)32-12-8-7-11-29(32)23-43-46/h4-18,21,23,26,35,37,47H,19-20,22,24-25H2,1-3H3/t26-,35+,37-,40+/m0/s1. The summed E-state index contributed by atoms with van der Waals surface area (Å²) < 4.78 is 25.4. The van der Waals surface area contributed by atoms with Crippen molar-refractivity contribution >= 4 is 52.6 Å². The molecular weight excluding hydrogens is 743 g/mol. The number of halogens is 2. The zero-order chi connectivity index (χ0) is 36.8. The number of nitrogens with zero attached hydrogens (tertiary/aromatic N) is 4. The number of aliphatic hydroxyl groups excluding tert-OH is 1. The zero-order valence-electron chi connectivity index (χ0n) is 29.2. The first-order chi connectivity index (χ1) is 24.9. The van der Waals surface area contributed by atoms with Crippen LogP contribution in [-0.4, -0.2) is 59.3 Å². The van der Waals surface area contributed by atoms with Crippen LogP contribution in [0.1, 0.15) is 30.0 Å². The van der Waals surface area contributed by atoms with Crippen LogP contribution in [-0.2, 0) is 33.0 Å². The predicted octanol–water partition coefficient (Wildman–Crippen LogP) is 6.88. The molecule has 1 saturated heterocycles.